The predicted molar refractivity (Wildman–Crippen MR) is 146 cm³/mol. The molecule has 0 aliphatic carbocycles. The quantitative estimate of drug-likeness (QED) is 0.474. The van der Waals surface area contributed by atoms with Crippen molar-refractivity contribution in [2.75, 3.05) is 51.3 Å². The zero-order chi connectivity index (χ0) is 25.0. The van der Waals surface area contributed by atoms with Gasteiger partial charge >= 0.3 is 0 Å². The summed E-state index contributed by atoms with van der Waals surface area (Å²) < 4.78 is 17.7. The number of fused-ring (bicyclic) bond motifs is 1. The lowest BCUT2D eigenvalue weighted by Crippen LogP contribution is -2.48. The zero-order valence-corrected chi connectivity index (χ0v) is 22.7. The number of hydrogen-bond donors (Lipinski definition) is 1. The van der Waals surface area contributed by atoms with Crippen molar-refractivity contribution < 1.29 is 14.2 Å². The molecule has 6 nitrogen and oxygen atoms in total. The Morgan fingerprint density at radius 1 is 1.26 bits per heavy atom. The first kappa shape index (κ1) is 26.0. The molecule has 1 N–H and O–H groups in total. The van der Waals surface area contributed by atoms with Gasteiger partial charge in [0.15, 0.2) is 5.11 Å². The molecule has 0 amide bonds. The third-order valence-corrected chi connectivity index (χ3v) is 7.38. The third kappa shape index (κ3) is 6.39. The van der Waals surface area contributed by atoms with Crippen LogP contribution in [0.25, 0.3) is 0 Å². The maximum Gasteiger partial charge on any atom is 0.173 e. The van der Waals surface area contributed by atoms with Crippen LogP contribution in [-0.2, 0) is 4.74 Å². The Morgan fingerprint density at radius 2 is 2.03 bits per heavy atom. The van der Waals surface area contributed by atoms with Gasteiger partial charge in [0.25, 0.3) is 0 Å². The van der Waals surface area contributed by atoms with Gasteiger partial charge in [-0.05, 0) is 75.8 Å². The summed E-state index contributed by atoms with van der Waals surface area (Å²) in [6, 6.07) is 12.0. The summed E-state index contributed by atoms with van der Waals surface area (Å²) in [6.07, 6.45) is 0.801. The summed E-state index contributed by atoms with van der Waals surface area (Å²) in [5.74, 6) is 1.73. The fourth-order valence-electron chi connectivity index (χ4n) is 4.73. The maximum atomic E-state index is 6.39. The summed E-state index contributed by atoms with van der Waals surface area (Å²) >= 11 is 12.4. The van der Waals surface area contributed by atoms with E-state index in [-0.39, 0.29) is 11.6 Å². The van der Waals surface area contributed by atoms with E-state index in [4.69, 9.17) is 38.0 Å². The minimum absolute atomic E-state index is 0.0367. The first-order valence-corrected chi connectivity index (χ1v) is 13.1. The van der Waals surface area contributed by atoms with Crippen LogP contribution in [0.2, 0.25) is 5.02 Å². The molecule has 0 radical (unpaired) electrons. The second-order valence-corrected chi connectivity index (χ2v) is 10.5. The van der Waals surface area contributed by atoms with Crippen molar-refractivity contribution >= 4 is 34.6 Å². The SMILES string of the molecule is CCOc1ccc2c(c1)[C@H](N(CCN1CCOCC1)C(=S)Nc1cccc(Cl)c1C)CC(C)(C)O2. The molecule has 4 rings (SSSR count). The van der Waals surface area contributed by atoms with E-state index in [1.807, 2.05) is 44.2 Å². The summed E-state index contributed by atoms with van der Waals surface area (Å²) in [4.78, 5) is 4.75. The molecule has 0 spiro atoms. The molecule has 8 heteroatoms. The molecule has 1 fully saturated rings. The smallest absolute Gasteiger partial charge is 0.173 e. The molecule has 2 aromatic carbocycles. The number of morpholine rings is 1. The lowest BCUT2D eigenvalue weighted by Gasteiger charge is -2.44. The lowest BCUT2D eigenvalue weighted by molar-refractivity contribution is 0.0266. The fraction of sp³-hybridized carbons (Fsp3) is 0.519. The summed E-state index contributed by atoms with van der Waals surface area (Å²) in [6.45, 7) is 14.0. The largest absolute Gasteiger partial charge is 0.494 e. The van der Waals surface area contributed by atoms with Gasteiger partial charge in [0.2, 0.25) is 0 Å². The van der Waals surface area contributed by atoms with E-state index in [1.165, 1.54) is 0 Å². The summed E-state index contributed by atoms with van der Waals surface area (Å²) in [5.41, 5.74) is 2.68. The molecule has 2 aliphatic heterocycles. The van der Waals surface area contributed by atoms with E-state index in [2.05, 4.69) is 35.0 Å². The van der Waals surface area contributed by atoms with Gasteiger partial charge in [0.05, 0.1) is 25.9 Å². The Balaban J connectivity index is 1.67. The maximum absolute atomic E-state index is 6.39. The van der Waals surface area contributed by atoms with Crippen LogP contribution >= 0.6 is 23.8 Å². The normalized spacial score (nSPS) is 19.4. The number of benzene rings is 2. The van der Waals surface area contributed by atoms with Crippen molar-refractivity contribution in [2.24, 2.45) is 0 Å². The van der Waals surface area contributed by atoms with Crippen molar-refractivity contribution in [3.05, 3.63) is 52.5 Å². The molecule has 0 aromatic heterocycles. The van der Waals surface area contributed by atoms with Crippen LogP contribution in [0, 0.1) is 6.92 Å². The molecule has 190 valence electrons. The number of nitrogens with one attached hydrogen (secondary N) is 1. The van der Waals surface area contributed by atoms with Crippen LogP contribution < -0.4 is 14.8 Å². The van der Waals surface area contributed by atoms with Gasteiger partial charge in [-0.15, -0.1) is 0 Å². The van der Waals surface area contributed by atoms with E-state index in [0.717, 1.165) is 79.1 Å². The topological polar surface area (TPSA) is 46.2 Å². The molecular formula is C27H36ClN3O3S. The minimum atomic E-state index is -0.330. The van der Waals surface area contributed by atoms with Crippen LogP contribution in [0.3, 0.4) is 0 Å². The van der Waals surface area contributed by atoms with Gasteiger partial charge in [-0.3, -0.25) is 4.90 Å². The monoisotopic (exact) mass is 517 g/mol. The van der Waals surface area contributed by atoms with Gasteiger partial charge < -0.3 is 24.4 Å². The van der Waals surface area contributed by atoms with E-state index >= 15 is 0 Å². The first-order chi connectivity index (χ1) is 16.8. The van der Waals surface area contributed by atoms with Gasteiger partial charge in [-0.25, -0.2) is 0 Å². The number of nitrogens with zero attached hydrogens (tertiary/aromatic N) is 2. The Morgan fingerprint density at radius 3 is 2.77 bits per heavy atom. The van der Waals surface area contributed by atoms with Crippen molar-refractivity contribution in [1.82, 2.24) is 9.80 Å². The number of thiocarbonyl (C=S) groups is 1. The molecule has 2 aromatic rings. The van der Waals surface area contributed by atoms with Crippen molar-refractivity contribution in [3.8, 4) is 11.5 Å². The second kappa shape index (κ2) is 11.3. The van der Waals surface area contributed by atoms with Crippen molar-refractivity contribution in [3.63, 3.8) is 0 Å². The number of rotatable bonds is 7. The third-order valence-electron chi connectivity index (χ3n) is 6.63. The Hall–Kier alpha value is -2.06. The highest BCUT2D eigenvalue weighted by Gasteiger charge is 2.38. The van der Waals surface area contributed by atoms with Crippen molar-refractivity contribution in [2.45, 2.75) is 45.8 Å². The van der Waals surface area contributed by atoms with Gasteiger partial charge in [-0.2, -0.15) is 0 Å². The lowest BCUT2D eigenvalue weighted by atomic mass is 9.88. The Labute approximate surface area is 219 Å². The minimum Gasteiger partial charge on any atom is -0.494 e. The molecule has 0 bridgehead atoms. The van der Waals surface area contributed by atoms with Crippen LogP contribution in [0.4, 0.5) is 5.69 Å². The highest BCUT2D eigenvalue weighted by Crippen LogP contribution is 2.44. The molecule has 1 saturated heterocycles. The van der Waals surface area contributed by atoms with Crippen LogP contribution in [-0.4, -0.2) is 66.5 Å². The van der Waals surface area contributed by atoms with Crippen LogP contribution in [0.5, 0.6) is 11.5 Å². The average Bonchev–Trinajstić information content (AvgIpc) is 2.83. The van der Waals surface area contributed by atoms with E-state index in [0.29, 0.717) is 11.7 Å². The van der Waals surface area contributed by atoms with Crippen LogP contribution in [0.15, 0.2) is 36.4 Å². The molecular weight excluding hydrogens is 482 g/mol. The highest BCUT2D eigenvalue weighted by molar-refractivity contribution is 7.80. The number of hydrogen-bond acceptors (Lipinski definition) is 5. The number of ether oxygens (including phenoxy) is 3. The highest BCUT2D eigenvalue weighted by atomic mass is 35.5. The van der Waals surface area contributed by atoms with E-state index < -0.39 is 0 Å². The van der Waals surface area contributed by atoms with E-state index in [1.54, 1.807) is 0 Å². The molecule has 0 saturated carbocycles. The molecule has 0 unspecified atom stereocenters. The van der Waals surface area contributed by atoms with Crippen molar-refractivity contribution in [1.29, 1.82) is 0 Å². The fourth-order valence-corrected chi connectivity index (χ4v) is 5.24. The molecule has 1 atom stereocenters. The van der Waals surface area contributed by atoms with Gasteiger partial charge in [-0.1, -0.05) is 17.7 Å². The molecule has 2 aliphatic rings. The second-order valence-electron chi connectivity index (χ2n) is 9.70. The van der Waals surface area contributed by atoms with Gasteiger partial charge in [0, 0.05) is 48.9 Å². The first-order valence-electron chi connectivity index (χ1n) is 12.4. The predicted octanol–water partition coefficient (Wildman–Crippen LogP) is 5.68. The Bertz CT molecular complexity index is 1040. The van der Waals surface area contributed by atoms with Crippen LogP contribution in [0.1, 0.15) is 44.4 Å². The number of anilines is 1. The average molecular weight is 518 g/mol. The van der Waals surface area contributed by atoms with E-state index in [9.17, 15) is 0 Å². The van der Waals surface area contributed by atoms with Gasteiger partial charge in [0.1, 0.15) is 17.1 Å². The summed E-state index contributed by atoms with van der Waals surface area (Å²) in [7, 11) is 0. The molecule has 2 heterocycles. The Kier molecular flexibility index (Phi) is 8.42. The zero-order valence-electron chi connectivity index (χ0n) is 21.1. The summed E-state index contributed by atoms with van der Waals surface area (Å²) in [5, 5.41) is 4.89. The standard InChI is InChI=1S/C27H36ClN3O3S/c1-5-33-20-9-10-25-21(17-20)24(18-27(3,4)34-25)31(12-11-30-13-15-32-16-14-30)26(35)29-23-8-6-7-22(28)19(23)2/h6-10,17,24H,5,11-16,18H2,1-4H3,(H,29,35)/t24-/m1/s1. The molecule has 35 heavy (non-hydrogen) atoms. The number of halogens is 1.